The highest BCUT2D eigenvalue weighted by atomic mass is 35.5. The summed E-state index contributed by atoms with van der Waals surface area (Å²) in [6.07, 6.45) is 5.06. The first-order valence-corrected chi connectivity index (χ1v) is 12.1. The summed E-state index contributed by atoms with van der Waals surface area (Å²) in [6.45, 7) is 4.61. The molecule has 0 radical (unpaired) electrons. The van der Waals surface area contributed by atoms with Crippen LogP contribution in [-0.4, -0.2) is 59.5 Å². The van der Waals surface area contributed by atoms with Crippen molar-refractivity contribution in [2.24, 2.45) is 0 Å². The second-order valence-corrected chi connectivity index (χ2v) is 9.18. The lowest BCUT2D eigenvalue weighted by Crippen LogP contribution is -2.40. The van der Waals surface area contributed by atoms with Gasteiger partial charge in [-0.25, -0.2) is 15.0 Å². The Hall–Kier alpha value is -4.39. The van der Waals surface area contributed by atoms with E-state index in [1.165, 1.54) is 24.7 Å². The third kappa shape index (κ3) is 5.30. The van der Waals surface area contributed by atoms with Crippen LogP contribution in [0.15, 0.2) is 55.8 Å². The molecule has 1 N–H and O–H groups in total. The predicted octanol–water partition coefficient (Wildman–Crippen LogP) is 4.56. The van der Waals surface area contributed by atoms with Gasteiger partial charge in [0.1, 0.15) is 11.5 Å². The molecule has 5 rings (SSSR count). The van der Waals surface area contributed by atoms with Crippen LogP contribution in [0.25, 0.3) is 22.2 Å². The number of nitrogens with zero attached hydrogens (tertiary/aromatic N) is 7. The smallest absolute Gasteiger partial charge is 0.337 e. The Bertz CT molecular complexity index is 1570. The van der Waals surface area contributed by atoms with Crippen LogP contribution < -0.4 is 5.32 Å². The van der Waals surface area contributed by atoms with Crippen LogP contribution in [0, 0.1) is 0 Å². The molecule has 39 heavy (non-hydrogen) atoms. The highest BCUT2D eigenvalue weighted by Gasteiger charge is 2.31. The highest BCUT2D eigenvalue weighted by molar-refractivity contribution is 6.35. The number of carbonyl (C=O) groups excluding carboxylic acids is 2. The zero-order valence-corrected chi connectivity index (χ0v) is 20.9. The molecule has 1 fully saturated rings. The molecule has 0 aliphatic carbocycles. The number of amides is 2. The first kappa shape index (κ1) is 26.2. The lowest BCUT2D eigenvalue weighted by Gasteiger charge is -2.32. The molecule has 2 amide bonds. The van der Waals surface area contributed by atoms with Gasteiger partial charge in [0.25, 0.3) is 5.91 Å². The van der Waals surface area contributed by atoms with E-state index < -0.39 is 17.6 Å². The fourth-order valence-electron chi connectivity index (χ4n) is 4.42. The van der Waals surface area contributed by atoms with Gasteiger partial charge in [-0.3, -0.25) is 19.3 Å². The lowest BCUT2D eigenvalue weighted by atomic mass is 10.1. The van der Waals surface area contributed by atoms with Crippen LogP contribution in [0.5, 0.6) is 0 Å². The van der Waals surface area contributed by atoms with E-state index in [0.29, 0.717) is 40.3 Å². The van der Waals surface area contributed by atoms with Crippen molar-refractivity contribution in [2.75, 3.05) is 18.4 Å². The molecule has 1 atom stereocenters. The van der Waals surface area contributed by atoms with Crippen molar-refractivity contribution >= 4 is 40.1 Å². The van der Waals surface area contributed by atoms with Gasteiger partial charge in [0.2, 0.25) is 11.7 Å². The second kappa shape index (κ2) is 10.4. The number of anilines is 1. The van der Waals surface area contributed by atoms with Crippen LogP contribution in [0.4, 0.5) is 19.0 Å². The number of pyridine rings is 2. The zero-order chi connectivity index (χ0) is 27.7. The fourth-order valence-corrected chi connectivity index (χ4v) is 4.67. The summed E-state index contributed by atoms with van der Waals surface area (Å²) >= 11 is 6.51. The third-order valence-corrected chi connectivity index (χ3v) is 6.53. The Morgan fingerprint density at radius 1 is 1.15 bits per heavy atom. The van der Waals surface area contributed by atoms with Gasteiger partial charge in [0.15, 0.2) is 0 Å². The van der Waals surface area contributed by atoms with Gasteiger partial charge in [0.05, 0.1) is 22.1 Å². The Morgan fingerprint density at radius 2 is 1.92 bits per heavy atom. The maximum atomic E-state index is 13.0. The van der Waals surface area contributed by atoms with Crippen molar-refractivity contribution < 1.29 is 22.8 Å². The molecule has 10 nitrogen and oxygen atoms in total. The molecule has 200 valence electrons. The normalized spacial score (nSPS) is 15.8. The summed E-state index contributed by atoms with van der Waals surface area (Å²) < 4.78 is 40.6. The van der Waals surface area contributed by atoms with E-state index in [-0.39, 0.29) is 23.6 Å². The SMILES string of the molecule is C=CC(=O)N1CCCC(n2nc(-c3cnc(C(=O)Nc4cc(C(F)(F)F)ccn4)nc3)c3cncc(Cl)c32)C1. The van der Waals surface area contributed by atoms with Crippen LogP contribution in [0.3, 0.4) is 0 Å². The van der Waals surface area contributed by atoms with Crippen molar-refractivity contribution in [3.8, 4) is 11.3 Å². The molecular formula is C25H20ClF3N8O2. The van der Waals surface area contributed by atoms with Crippen LogP contribution >= 0.6 is 11.6 Å². The average Bonchev–Trinajstić information content (AvgIpc) is 3.33. The molecule has 1 aliphatic heterocycles. The molecule has 1 aliphatic rings. The number of alkyl halides is 3. The Morgan fingerprint density at radius 3 is 2.64 bits per heavy atom. The van der Waals surface area contributed by atoms with Crippen molar-refractivity contribution in [3.63, 3.8) is 0 Å². The van der Waals surface area contributed by atoms with Crippen molar-refractivity contribution in [2.45, 2.75) is 25.1 Å². The fraction of sp³-hybridized carbons (Fsp3) is 0.240. The monoisotopic (exact) mass is 556 g/mol. The van der Waals surface area contributed by atoms with E-state index in [4.69, 9.17) is 16.7 Å². The molecule has 0 saturated carbocycles. The lowest BCUT2D eigenvalue weighted by molar-refractivity contribution is -0.137. The van der Waals surface area contributed by atoms with Gasteiger partial charge in [-0.15, -0.1) is 0 Å². The van der Waals surface area contributed by atoms with Gasteiger partial charge in [-0.2, -0.15) is 18.3 Å². The molecule has 0 bridgehead atoms. The number of hydrogen-bond acceptors (Lipinski definition) is 7. The number of likely N-dealkylation sites (tertiary alicyclic amines) is 1. The van der Waals surface area contributed by atoms with Crippen LogP contribution in [0.1, 0.15) is 35.1 Å². The summed E-state index contributed by atoms with van der Waals surface area (Å²) in [4.78, 5) is 42.5. The third-order valence-electron chi connectivity index (χ3n) is 6.25. The molecule has 5 heterocycles. The second-order valence-electron chi connectivity index (χ2n) is 8.77. The number of rotatable bonds is 5. The number of fused-ring (bicyclic) bond motifs is 1. The van der Waals surface area contributed by atoms with Crippen molar-refractivity contribution in [1.29, 1.82) is 0 Å². The van der Waals surface area contributed by atoms with E-state index in [0.717, 1.165) is 31.2 Å². The van der Waals surface area contributed by atoms with E-state index in [1.54, 1.807) is 15.8 Å². The van der Waals surface area contributed by atoms with E-state index >= 15 is 0 Å². The molecule has 4 aromatic heterocycles. The minimum atomic E-state index is -4.58. The number of nitrogens with one attached hydrogen (secondary N) is 1. The number of piperidine rings is 1. The number of halogens is 4. The topological polar surface area (TPSA) is 119 Å². The van der Waals surface area contributed by atoms with Crippen molar-refractivity contribution in [1.82, 2.24) is 34.6 Å². The molecular weight excluding hydrogens is 537 g/mol. The van der Waals surface area contributed by atoms with E-state index in [2.05, 4.69) is 31.8 Å². The minimum Gasteiger partial charge on any atom is -0.337 e. The Balaban J connectivity index is 1.43. The summed E-state index contributed by atoms with van der Waals surface area (Å²) in [5.41, 5.74) is 0.621. The van der Waals surface area contributed by atoms with Gasteiger partial charge < -0.3 is 10.2 Å². The van der Waals surface area contributed by atoms with Gasteiger partial charge in [-0.05, 0) is 31.1 Å². The molecule has 0 spiro atoms. The number of hydrogen-bond donors (Lipinski definition) is 1. The van der Waals surface area contributed by atoms with E-state index in [1.807, 2.05) is 0 Å². The number of aromatic nitrogens is 6. The minimum absolute atomic E-state index is 0.148. The molecule has 0 aromatic carbocycles. The number of carbonyl (C=O) groups is 2. The zero-order valence-electron chi connectivity index (χ0n) is 20.2. The van der Waals surface area contributed by atoms with Crippen molar-refractivity contribution in [3.05, 3.63) is 72.2 Å². The van der Waals surface area contributed by atoms with Gasteiger partial charge in [0, 0.05) is 55.0 Å². The highest BCUT2D eigenvalue weighted by Crippen LogP contribution is 2.35. The quantitative estimate of drug-likeness (QED) is 0.358. The molecule has 14 heteroatoms. The largest absolute Gasteiger partial charge is 0.416 e. The summed E-state index contributed by atoms with van der Waals surface area (Å²) in [6, 6.07) is 1.37. The van der Waals surface area contributed by atoms with Crippen LogP contribution in [-0.2, 0) is 11.0 Å². The first-order chi connectivity index (χ1) is 18.7. The maximum absolute atomic E-state index is 13.0. The Labute approximate surface area is 224 Å². The standard InChI is InChI=1S/C25H20ClF3N8O2/c1-2-20(38)36-7-3-4-16(13-36)37-22-17(11-30-12-18(22)26)21(35-37)14-9-32-23(33-10-14)24(39)34-19-8-15(5-6-31-19)25(27,28)29/h2,5-6,8-12,16H,1,3-4,7,13H2,(H,31,34,39). The predicted molar refractivity (Wildman–Crippen MR) is 136 cm³/mol. The van der Waals surface area contributed by atoms with Gasteiger partial charge >= 0.3 is 6.18 Å². The summed E-state index contributed by atoms with van der Waals surface area (Å²) in [5.74, 6) is -1.55. The molecule has 1 saturated heterocycles. The summed E-state index contributed by atoms with van der Waals surface area (Å²) in [7, 11) is 0. The van der Waals surface area contributed by atoms with E-state index in [9.17, 15) is 22.8 Å². The molecule has 4 aromatic rings. The first-order valence-electron chi connectivity index (χ1n) is 11.8. The Kier molecular flexibility index (Phi) is 7.00. The van der Waals surface area contributed by atoms with Gasteiger partial charge in [-0.1, -0.05) is 18.2 Å². The maximum Gasteiger partial charge on any atom is 0.416 e. The molecule has 1 unspecified atom stereocenters. The van der Waals surface area contributed by atoms with Crippen LogP contribution in [0.2, 0.25) is 5.02 Å². The summed E-state index contributed by atoms with van der Waals surface area (Å²) in [5, 5.41) is 8.05. The average molecular weight is 557 g/mol.